The van der Waals surface area contributed by atoms with E-state index in [0.29, 0.717) is 6.10 Å². The third-order valence-electron chi connectivity index (χ3n) is 1.35. The average Bonchev–Trinajstić information content (AvgIpc) is 2.14. The highest BCUT2D eigenvalue weighted by Gasteiger charge is 2.11. The lowest BCUT2D eigenvalue weighted by Crippen LogP contribution is -2.14. The zero-order valence-electron chi connectivity index (χ0n) is 4.61. The lowest BCUT2D eigenvalue weighted by molar-refractivity contribution is 0.119. The fourth-order valence-corrected chi connectivity index (χ4v) is 0.829. The number of methoxy groups -OCH3 is 1. The Bertz CT molecular complexity index is 50.0. The van der Waals surface area contributed by atoms with Crippen LogP contribution in [-0.4, -0.2) is 26.3 Å². The van der Waals surface area contributed by atoms with Gasteiger partial charge in [-0.1, -0.05) is 0 Å². The Morgan fingerprint density at radius 3 is 2.86 bits per heavy atom. The van der Waals surface area contributed by atoms with Crippen molar-refractivity contribution in [2.24, 2.45) is 0 Å². The lowest BCUT2D eigenvalue weighted by Gasteiger charge is -2.01. The molecule has 0 aromatic rings. The van der Waals surface area contributed by atoms with Gasteiger partial charge in [0.05, 0.1) is 6.10 Å². The topological polar surface area (TPSA) is 21.3 Å². The molecule has 0 spiro atoms. The third kappa shape index (κ3) is 1.14. The molecule has 1 atom stereocenters. The Hall–Kier alpha value is -0.0800. The van der Waals surface area contributed by atoms with Crippen LogP contribution in [0.5, 0.6) is 0 Å². The van der Waals surface area contributed by atoms with Gasteiger partial charge in [0.15, 0.2) is 0 Å². The van der Waals surface area contributed by atoms with Gasteiger partial charge in [-0.25, -0.2) is 0 Å². The van der Waals surface area contributed by atoms with Crippen LogP contribution in [-0.2, 0) is 4.74 Å². The highest BCUT2D eigenvalue weighted by molar-refractivity contribution is 4.69. The average molecular weight is 101 g/mol. The molecule has 7 heavy (non-hydrogen) atoms. The lowest BCUT2D eigenvalue weighted by atomic mass is 10.3. The van der Waals surface area contributed by atoms with E-state index in [1.54, 1.807) is 7.11 Å². The first kappa shape index (κ1) is 5.06. The summed E-state index contributed by atoms with van der Waals surface area (Å²) in [6.45, 7) is 2.16. The summed E-state index contributed by atoms with van der Waals surface area (Å²) < 4.78 is 5.05. The molecule has 1 saturated heterocycles. The van der Waals surface area contributed by atoms with E-state index in [2.05, 4.69) is 5.32 Å². The minimum absolute atomic E-state index is 0.486. The van der Waals surface area contributed by atoms with Crippen LogP contribution in [0, 0.1) is 0 Å². The van der Waals surface area contributed by atoms with E-state index in [1.807, 2.05) is 0 Å². The molecule has 1 aliphatic heterocycles. The second-order valence-electron chi connectivity index (χ2n) is 1.85. The smallest absolute Gasteiger partial charge is 0.0707 e. The van der Waals surface area contributed by atoms with Crippen LogP contribution < -0.4 is 5.32 Å². The maximum atomic E-state index is 5.05. The van der Waals surface area contributed by atoms with E-state index < -0.39 is 0 Å². The summed E-state index contributed by atoms with van der Waals surface area (Å²) in [6, 6.07) is 0. The van der Waals surface area contributed by atoms with Crippen LogP contribution in [0.1, 0.15) is 6.42 Å². The summed E-state index contributed by atoms with van der Waals surface area (Å²) in [5.74, 6) is 0. The molecule has 0 radical (unpaired) electrons. The molecule has 1 fully saturated rings. The van der Waals surface area contributed by atoms with Crippen LogP contribution >= 0.6 is 0 Å². The first-order valence-electron chi connectivity index (χ1n) is 2.67. The number of rotatable bonds is 1. The number of nitrogens with one attached hydrogen (secondary N) is 1. The summed E-state index contributed by atoms with van der Waals surface area (Å²) in [6.07, 6.45) is 1.66. The molecule has 0 bridgehead atoms. The van der Waals surface area contributed by atoms with Gasteiger partial charge in [-0.3, -0.25) is 0 Å². The number of hydrogen-bond donors (Lipinski definition) is 1. The first-order valence-corrected chi connectivity index (χ1v) is 2.67. The van der Waals surface area contributed by atoms with Crippen molar-refractivity contribution in [3.63, 3.8) is 0 Å². The zero-order chi connectivity index (χ0) is 5.11. The minimum Gasteiger partial charge on any atom is -0.380 e. The summed E-state index contributed by atoms with van der Waals surface area (Å²) in [7, 11) is 1.76. The van der Waals surface area contributed by atoms with Crippen LogP contribution in [0.15, 0.2) is 0 Å². The van der Waals surface area contributed by atoms with Crippen molar-refractivity contribution in [2.75, 3.05) is 20.2 Å². The van der Waals surface area contributed by atoms with Gasteiger partial charge < -0.3 is 10.1 Å². The molecule has 0 aromatic heterocycles. The van der Waals surface area contributed by atoms with Crippen molar-refractivity contribution in [2.45, 2.75) is 12.5 Å². The molecule has 0 amide bonds. The molecule has 0 unspecified atom stereocenters. The van der Waals surface area contributed by atoms with Crippen LogP contribution in [0.2, 0.25) is 0 Å². The van der Waals surface area contributed by atoms with E-state index in [-0.39, 0.29) is 0 Å². The summed E-state index contributed by atoms with van der Waals surface area (Å²) in [4.78, 5) is 0. The summed E-state index contributed by atoms with van der Waals surface area (Å²) in [5, 5.41) is 3.20. The Balaban J connectivity index is 2.14. The van der Waals surface area contributed by atoms with Crippen LogP contribution in [0.4, 0.5) is 0 Å². The molecule has 1 aliphatic rings. The molecule has 42 valence electrons. The molecule has 1 N–H and O–H groups in total. The largest absolute Gasteiger partial charge is 0.380 e. The predicted octanol–water partition coefficient (Wildman–Crippen LogP) is -0.00530. The molecule has 1 heterocycles. The van der Waals surface area contributed by atoms with E-state index in [4.69, 9.17) is 4.74 Å². The minimum atomic E-state index is 0.486. The van der Waals surface area contributed by atoms with E-state index in [0.717, 1.165) is 13.1 Å². The summed E-state index contributed by atoms with van der Waals surface area (Å²) in [5.41, 5.74) is 0. The molecule has 1 rings (SSSR count). The molecule has 2 nitrogen and oxygen atoms in total. The normalized spacial score (nSPS) is 31.3. The fraction of sp³-hybridized carbons (Fsp3) is 1.00. The molecule has 2 heteroatoms. The fourth-order valence-electron chi connectivity index (χ4n) is 0.829. The van der Waals surface area contributed by atoms with Gasteiger partial charge in [0.1, 0.15) is 0 Å². The van der Waals surface area contributed by atoms with Gasteiger partial charge in [0, 0.05) is 13.7 Å². The molecule has 0 saturated carbocycles. The van der Waals surface area contributed by atoms with Gasteiger partial charge in [-0.15, -0.1) is 0 Å². The van der Waals surface area contributed by atoms with Crippen molar-refractivity contribution >= 4 is 0 Å². The van der Waals surface area contributed by atoms with Crippen molar-refractivity contribution in [1.82, 2.24) is 5.32 Å². The Labute approximate surface area is 43.9 Å². The second kappa shape index (κ2) is 2.28. The van der Waals surface area contributed by atoms with Crippen LogP contribution in [0.25, 0.3) is 0 Å². The SMILES string of the molecule is CO[C@@H]1CCNC1. The standard InChI is InChI=1S/C5H11NO/c1-7-5-2-3-6-4-5/h5-6H,2-4H2,1H3/t5-/m1/s1. The molecular formula is C5H11NO. The summed E-state index contributed by atoms with van der Waals surface area (Å²) >= 11 is 0. The maximum absolute atomic E-state index is 5.05. The zero-order valence-corrected chi connectivity index (χ0v) is 4.61. The first-order chi connectivity index (χ1) is 3.43. The Kier molecular flexibility index (Phi) is 1.65. The van der Waals surface area contributed by atoms with E-state index >= 15 is 0 Å². The molecule has 0 aliphatic carbocycles. The van der Waals surface area contributed by atoms with E-state index in [9.17, 15) is 0 Å². The second-order valence-corrected chi connectivity index (χ2v) is 1.85. The van der Waals surface area contributed by atoms with Crippen molar-refractivity contribution in [3.8, 4) is 0 Å². The highest BCUT2D eigenvalue weighted by Crippen LogP contribution is 1.99. The van der Waals surface area contributed by atoms with Gasteiger partial charge in [-0.05, 0) is 13.0 Å². The van der Waals surface area contributed by atoms with Gasteiger partial charge in [-0.2, -0.15) is 0 Å². The Morgan fingerprint density at radius 1 is 1.71 bits per heavy atom. The van der Waals surface area contributed by atoms with Crippen molar-refractivity contribution < 1.29 is 4.74 Å². The Morgan fingerprint density at radius 2 is 2.57 bits per heavy atom. The number of ether oxygens (including phenoxy) is 1. The van der Waals surface area contributed by atoms with Crippen molar-refractivity contribution in [1.29, 1.82) is 0 Å². The van der Waals surface area contributed by atoms with Gasteiger partial charge in [0.25, 0.3) is 0 Å². The quantitative estimate of drug-likeness (QED) is 0.501. The van der Waals surface area contributed by atoms with Gasteiger partial charge in [0.2, 0.25) is 0 Å². The maximum Gasteiger partial charge on any atom is 0.0707 e. The van der Waals surface area contributed by atoms with Crippen molar-refractivity contribution in [3.05, 3.63) is 0 Å². The predicted molar refractivity (Wildman–Crippen MR) is 28.3 cm³/mol. The van der Waals surface area contributed by atoms with Gasteiger partial charge >= 0.3 is 0 Å². The highest BCUT2D eigenvalue weighted by atomic mass is 16.5. The third-order valence-corrected chi connectivity index (χ3v) is 1.35. The van der Waals surface area contributed by atoms with E-state index in [1.165, 1.54) is 6.42 Å². The molecular weight excluding hydrogens is 90.1 g/mol. The monoisotopic (exact) mass is 101 g/mol. The molecule has 0 aromatic carbocycles. The van der Waals surface area contributed by atoms with Crippen LogP contribution in [0.3, 0.4) is 0 Å². The number of hydrogen-bond acceptors (Lipinski definition) is 2.